The molecule has 3 heterocycles. The molecule has 1 amide bonds. The van der Waals surface area contributed by atoms with Gasteiger partial charge in [-0.2, -0.15) is 13.2 Å². The molecule has 3 aromatic heterocycles. The number of fused-ring (bicyclic) bond motifs is 1. The third kappa shape index (κ3) is 2.54. The van der Waals surface area contributed by atoms with Crippen molar-refractivity contribution in [1.82, 2.24) is 14.7 Å². The zero-order valence-corrected chi connectivity index (χ0v) is 11.1. The molecule has 1 N–H and O–H groups in total. The van der Waals surface area contributed by atoms with E-state index in [1.165, 1.54) is 24.6 Å². The maximum atomic E-state index is 13.1. The van der Waals surface area contributed by atoms with Crippen LogP contribution in [0.1, 0.15) is 21.9 Å². The topological polar surface area (TPSA) is 59.5 Å². The number of amides is 1. The van der Waals surface area contributed by atoms with Crippen LogP contribution in [0.3, 0.4) is 0 Å². The molecule has 5 nitrogen and oxygen atoms in total. The lowest BCUT2D eigenvalue weighted by atomic mass is 10.3. The number of hydrogen-bond acceptors (Lipinski definition) is 3. The second-order valence-electron chi connectivity index (χ2n) is 4.50. The number of aromatic nitrogens is 2. The van der Waals surface area contributed by atoms with E-state index in [2.05, 4.69) is 10.3 Å². The van der Waals surface area contributed by atoms with Crippen LogP contribution in [-0.4, -0.2) is 15.3 Å². The molecule has 0 fully saturated rings. The number of nitrogens with zero attached hydrogens (tertiary/aromatic N) is 2. The molecular weight excluding hydrogens is 299 g/mol. The van der Waals surface area contributed by atoms with Gasteiger partial charge in [0.15, 0.2) is 5.69 Å². The van der Waals surface area contributed by atoms with Crippen LogP contribution in [0, 0.1) is 0 Å². The van der Waals surface area contributed by atoms with E-state index in [1.54, 1.807) is 18.2 Å². The van der Waals surface area contributed by atoms with E-state index >= 15 is 0 Å². The van der Waals surface area contributed by atoms with Gasteiger partial charge in [0.05, 0.1) is 12.8 Å². The van der Waals surface area contributed by atoms with Crippen molar-refractivity contribution >= 4 is 11.6 Å². The lowest BCUT2D eigenvalue weighted by Gasteiger charge is -2.08. The van der Waals surface area contributed by atoms with Crippen LogP contribution < -0.4 is 5.32 Å². The van der Waals surface area contributed by atoms with E-state index in [4.69, 9.17) is 4.42 Å². The zero-order valence-electron chi connectivity index (χ0n) is 11.1. The van der Waals surface area contributed by atoms with Gasteiger partial charge in [-0.05, 0) is 24.3 Å². The van der Waals surface area contributed by atoms with Crippen molar-refractivity contribution in [2.75, 3.05) is 0 Å². The minimum absolute atomic E-state index is 0.0107. The molecule has 0 saturated carbocycles. The first-order chi connectivity index (χ1) is 10.5. The van der Waals surface area contributed by atoms with E-state index in [0.29, 0.717) is 5.76 Å². The fraction of sp³-hybridized carbons (Fsp3) is 0.143. The fourth-order valence-electron chi connectivity index (χ4n) is 2.07. The standard InChI is InChI=1S/C14H10F3N3O2/c15-14(16,17)12-11(20-6-2-1-5-10(20)19-12)13(21)18-8-9-4-3-7-22-9/h1-7H,8H2,(H,18,21). The van der Waals surface area contributed by atoms with Crippen LogP contribution in [-0.2, 0) is 12.7 Å². The molecule has 0 aromatic carbocycles. The Hall–Kier alpha value is -2.77. The van der Waals surface area contributed by atoms with Gasteiger partial charge < -0.3 is 9.73 Å². The van der Waals surface area contributed by atoms with E-state index in [0.717, 1.165) is 4.40 Å². The summed E-state index contributed by atoms with van der Waals surface area (Å²) in [6.45, 7) is -0.0107. The van der Waals surface area contributed by atoms with Crippen molar-refractivity contribution in [3.8, 4) is 0 Å². The maximum Gasteiger partial charge on any atom is 0.435 e. The minimum atomic E-state index is -4.72. The lowest BCUT2D eigenvalue weighted by Crippen LogP contribution is -2.26. The van der Waals surface area contributed by atoms with Crippen LogP contribution in [0.4, 0.5) is 13.2 Å². The number of nitrogens with one attached hydrogen (secondary N) is 1. The van der Waals surface area contributed by atoms with Crippen LogP contribution in [0.2, 0.25) is 0 Å². The Morgan fingerprint density at radius 3 is 2.77 bits per heavy atom. The number of carbonyl (C=O) groups is 1. The molecule has 22 heavy (non-hydrogen) atoms. The molecule has 0 aliphatic heterocycles. The summed E-state index contributed by atoms with van der Waals surface area (Å²) >= 11 is 0. The van der Waals surface area contributed by atoms with E-state index < -0.39 is 23.5 Å². The Morgan fingerprint density at radius 1 is 1.27 bits per heavy atom. The molecule has 0 radical (unpaired) electrons. The number of furan rings is 1. The summed E-state index contributed by atoms with van der Waals surface area (Å²) in [7, 11) is 0. The molecule has 0 unspecified atom stereocenters. The summed E-state index contributed by atoms with van der Waals surface area (Å²) in [6, 6.07) is 7.71. The Labute approximate surface area is 122 Å². The van der Waals surface area contributed by atoms with Crippen LogP contribution in [0.5, 0.6) is 0 Å². The van der Waals surface area contributed by atoms with Crippen molar-refractivity contribution in [2.45, 2.75) is 12.7 Å². The summed E-state index contributed by atoms with van der Waals surface area (Å²) in [5.74, 6) is -0.432. The van der Waals surface area contributed by atoms with Gasteiger partial charge in [-0.3, -0.25) is 9.20 Å². The fourth-order valence-corrected chi connectivity index (χ4v) is 2.07. The molecule has 114 valence electrons. The van der Waals surface area contributed by atoms with Crippen molar-refractivity contribution in [3.63, 3.8) is 0 Å². The number of halogens is 3. The molecule has 0 saturated heterocycles. The van der Waals surface area contributed by atoms with Crippen LogP contribution in [0.25, 0.3) is 5.65 Å². The second kappa shape index (κ2) is 5.21. The van der Waals surface area contributed by atoms with Crippen molar-refractivity contribution < 1.29 is 22.4 Å². The molecule has 0 atom stereocenters. The first-order valence-electron chi connectivity index (χ1n) is 6.31. The number of imidazole rings is 1. The number of hydrogen-bond donors (Lipinski definition) is 1. The summed E-state index contributed by atoms with van der Waals surface area (Å²) in [6.07, 6.45) is -1.94. The lowest BCUT2D eigenvalue weighted by molar-refractivity contribution is -0.141. The highest BCUT2D eigenvalue weighted by Gasteiger charge is 2.40. The van der Waals surface area contributed by atoms with Crippen LogP contribution in [0.15, 0.2) is 47.2 Å². The molecule has 0 bridgehead atoms. The van der Waals surface area contributed by atoms with Gasteiger partial charge >= 0.3 is 6.18 Å². The Morgan fingerprint density at radius 2 is 2.09 bits per heavy atom. The highest BCUT2D eigenvalue weighted by Crippen LogP contribution is 2.31. The second-order valence-corrected chi connectivity index (χ2v) is 4.50. The quantitative estimate of drug-likeness (QED) is 0.809. The monoisotopic (exact) mass is 309 g/mol. The Balaban J connectivity index is 1.98. The predicted octanol–water partition coefficient (Wildman–Crippen LogP) is 2.88. The number of carbonyl (C=O) groups excluding carboxylic acids is 1. The number of rotatable bonds is 3. The van der Waals surface area contributed by atoms with Gasteiger partial charge in [0.25, 0.3) is 5.91 Å². The Kier molecular flexibility index (Phi) is 3.36. The highest BCUT2D eigenvalue weighted by molar-refractivity contribution is 5.94. The predicted molar refractivity (Wildman–Crippen MR) is 70.1 cm³/mol. The van der Waals surface area contributed by atoms with Gasteiger partial charge in [-0.1, -0.05) is 6.07 Å². The largest absolute Gasteiger partial charge is 0.467 e. The van der Waals surface area contributed by atoms with Crippen molar-refractivity contribution in [1.29, 1.82) is 0 Å². The maximum absolute atomic E-state index is 13.1. The van der Waals surface area contributed by atoms with Gasteiger partial charge in [0.2, 0.25) is 0 Å². The Bertz CT molecular complexity index is 806. The first kappa shape index (κ1) is 14.2. The third-order valence-electron chi connectivity index (χ3n) is 3.02. The van der Waals surface area contributed by atoms with Gasteiger partial charge in [-0.15, -0.1) is 0 Å². The van der Waals surface area contributed by atoms with E-state index in [1.807, 2.05) is 0 Å². The van der Waals surface area contributed by atoms with Crippen molar-refractivity contribution in [3.05, 3.63) is 59.9 Å². The molecule has 8 heteroatoms. The number of alkyl halides is 3. The molecular formula is C14H10F3N3O2. The molecule has 0 spiro atoms. The normalized spacial score (nSPS) is 11.8. The van der Waals surface area contributed by atoms with Gasteiger partial charge in [0.1, 0.15) is 17.1 Å². The third-order valence-corrected chi connectivity index (χ3v) is 3.02. The SMILES string of the molecule is O=C(NCc1ccco1)c1c(C(F)(F)F)nc2ccccn12. The molecule has 0 aliphatic carbocycles. The van der Waals surface area contributed by atoms with Gasteiger partial charge in [-0.25, -0.2) is 4.98 Å². The average molecular weight is 309 g/mol. The van der Waals surface area contributed by atoms with Gasteiger partial charge in [0, 0.05) is 6.20 Å². The first-order valence-corrected chi connectivity index (χ1v) is 6.31. The zero-order chi connectivity index (χ0) is 15.7. The molecule has 3 rings (SSSR count). The van der Waals surface area contributed by atoms with Crippen LogP contribution >= 0.6 is 0 Å². The minimum Gasteiger partial charge on any atom is -0.467 e. The average Bonchev–Trinajstić information content (AvgIpc) is 3.11. The summed E-state index contributed by atoms with van der Waals surface area (Å²) in [5, 5.41) is 2.40. The summed E-state index contributed by atoms with van der Waals surface area (Å²) < 4.78 is 45.4. The number of pyridine rings is 1. The summed E-state index contributed by atoms with van der Waals surface area (Å²) in [4.78, 5) is 15.7. The van der Waals surface area contributed by atoms with E-state index in [9.17, 15) is 18.0 Å². The van der Waals surface area contributed by atoms with Crippen molar-refractivity contribution in [2.24, 2.45) is 0 Å². The summed E-state index contributed by atoms with van der Waals surface area (Å²) in [5.41, 5.74) is -1.71. The smallest absolute Gasteiger partial charge is 0.435 e. The highest BCUT2D eigenvalue weighted by atomic mass is 19.4. The molecule has 3 aromatic rings. The van der Waals surface area contributed by atoms with E-state index in [-0.39, 0.29) is 12.2 Å². The molecule has 0 aliphatic rings.